The largest absolute Gasteiger partial charge is 0.466 e. The van der Waals surface area contributed by atoms with Crippen LogP contribution in [-0.4, -0.2) is 37.7 Å². The van der Waals surface area contributed by atoms with E-state index in [0.29, 0.717) is 35.8 Å². The highest BCUT2D eigenvalue weighted by Crippen LogP contribution is 2.68. The summed E-state index contributed by atoms with van der Waals surface area (Å²) in [5, 5.41) is 7.45. The van der Waals surface area contributed by atoms with Crippen molar-refractivity contribution < 1.29 is 9.53 Å². The topological polar surface area (TPSA) is 50.4 Å². The van der Waals surface area contributed by atoms with E-state index in [1.54, 1.807) is 0 Å². The number of hydrogen-bond donors (Lipinski definition) is 2. The fraction of sp³-hybridized carbons (Fsp3) is 0.969. The van der Waals surface area contributed by atoms with Gasteiger partial charge in [0.2, 0.25) is 0 Å². The molecular formula is C32H58N2O2. The number of fused-ring (bicyclic) bond motifs is 5. The van der Waals surface area contributed by atoms with Gasteiger partial charge in [-0.2, -0.15) is 0 Å². The third kappa shape index (κ3) is 5.85. The van der Waals surface area contributed by atoms with Crippen LogP contribution >= 0.6 is 0 Å². The van der Waals surface area contributed by atoms with Gasteiger partial charge >= 0.3 is 5.97 Å². The van der Waals surface area contributed by atoms with Crippen molar-refractivity contribution in [2.45, 2.75) is 131 Å². The van der Waals surface area contributed by atoms with Crippen LogP contribution in [0.2, 0.25) is 0 Å². The third-order valence-corrected chi connectivity index (χ3v) is 11.8. The predicted molar refractivity (Wildman–Crippen MR) is 150 cm³/mol. The molecule has 3 unspecified atom stereocenters. The van der Waals surface area contributed by atoms with Gasteiger partial charge in [0.25, 0.3) is 0 Å². The summed E-state index contributed by atoms with van der Waals surface area (Å²) in [6.07, 6.45) is 15.3. The zero-order chi connectivity index (χ0) is 25.9. The number of carbonyl (C=O) groups excluding carboxylic acids is 1. The molecule has 4 nitrogen and oxygen atoms in total. The van der Waals surface area contributed by atoms with Crippen molar-refractivity contribution in [3.05, 3.63) is 0 Å². The van der Waals surface area contributed by atoms with Crippen LogP contribution < -0.4 is 10.6 Å². The van der Waals surface area contributed by atoms with E-state index in [-0.39, 0.29) is 5.97 Å². The first-order valence-electron chi connectivity index (χ1n) is 15.8. The highest BCUT2D eigenvalue weighted by molar-refractivity contribution is 5.69. The van der Waals surface area contributed by atoms with E-state index in [2.05, 4.69) is 52.2 Å². The molecule has 0 bridgehead atoms. The maximum atomic E-state index is 12.1. The summed E-state index contributed by atoms with van der Waals surface area (Å²) < 4.78 is 5.37. The molecule has 4 fully saturated rings. The Hall–Kier alpha value is -0.610. The molecule has 0 aromatic carbocycles. The van der Waals surface area contributed by atoms with Gasteiger partial charge in [-0.3, -0.25) is 4.79 Å². The molecule has 0 radical (unpaired) electrons. The van der Waals surface area contributed by atoms with Crippen molar-refractivity contribution in [2.24, 2.45) is 46.3 Å². The Morgan fingerprint density at radius 1 is 0.944 bits per heavy atom. The minimum atomic E-state index is 0.0135. The minimum Gasteiger partial charge on any atom is -0.466 e. The Balaban J connectivity index is 1.33. The van der Waals surface area contributed by atoms with Gasteiger partial charge in [-0.15, -0.1) is 0 Å². The monoisotopic (exact) mass is 502 g/mol. The summed E-state index contributed by atoms with van der Waals surface area (Å²) in [4.78, 5) is 12.1. The van der Waals surface area contributed by atoms with Crippen molar-refractivity contribution in [3.8, 4) is 0 Å². The van der Waals surface area contributed by atoms with E-state index in [4.69, 9.17) is 4.74 Å². The summed E-state index contributed by atoms with van der Waals surface area (Å²) in [7, 11) is 0. The van der Waals surface area contributed by atoms with Crippen LogP contribution in [0.15, 0.2) is 0 Å². The molecular weight excluding hydrogens is 444 g/mol. The molecule has 4 rings (SSSR count). The molecule has 36 heavy (non-hydrogen) atoms. The van der Waals surface area contributed by atoms with E-state index >= 15 is 0 Å². The lowest BCUT2D eigenvalue weighted by atomic mass is 9.44. The molecule has 0 amide bonds. The predicted octanol–water partition coefficient (Wildman–Crippen LogP) is 6.97. The minimum absolute atomic E-state index is 0.0135. The summed E-state index contributed by atoms with van der Waals surface area (Å²) in [5.41, 5.74) is 1.05. The molecule has 0 saturated heterocycles. The van der Waals surface area contributed by atoms with Crippen LogP contribution in [-0.2, 0) is 9.53 Å². The van der Waals surface area contributed by atoms with Crippen LogP contribution in [0.3, 0.4) is 0 Å². The van der Waals surface area contributed by atoms with Gasteiger partial charge in [0.15, 0.2) is 0 Å². The van der Waals surface area contributed by atoms with E-state index in [1.165, 1.54) is 57.8 Å². The SMILES string of the molecule is CCCOC(=O)CC[C@@H](C)[C@H]1CCC2C3CC[C@@H]4C[C@H](NCCNC(C)C)CC[C@]4(C)C3CC[C@@]21C. The second-order valence-corrected chi connectivity index (χ2v) is 14.2. The van der Waals surface area contributed by atoms with Crippen LogP contribution in [0.25, 0.3) is 0 Å². The van der Waals surface area contributed by atoms with E-state index in [0.717, 1.165) is 61.6 Å². The van der Waals surface area contributed by atoms with E-state index in [1.807, 2.05) is 0 Å². The molecule has 0 heterocycles. The number of hydrogen-bond acceptors (Lipinski definition) is 4. The number of rotatable bonds is 11. The number of ether oxygens (including phenoxy) is 1. The van der Waals surface area contributed by atoms with Crippen LogP contribution in [0.1, 0.15) is 119 Å². The Bertz CT molecular complexity index is 725. The molecule has 0 spiro atoms. The smallest absolute Gasteiger partial charge is 0.305 e. The molecule has 4 saturated carbocycles. The van der Waals surface area contributed by atoms with Gasteiger partial charge in [0.1, 0.15) is 0 Å². The summed E-state index contributed by atoms with van der Waals surface area (Å²) in [6, 6.07) is 1.30. The van der Waals surface area contributed by atoms with Gasteiger partial charge in [-0.05, 0) is 117 Å². The Labute approximate surface area is 222 Å². The third-order valence-electron chi connectivity index (χ3n) is 11.8. The Morgan fingerprint density at radius 3 is 2.44 bits per heavy atom. The molecule has 4 heteroatoms. The van der Waals surface area contributed by atoms with Crippen LogP contribution in [0.4, 0.5) is 0 Å². The zero-order valence-electron chi connectivity index (χ0n) is 24.5. The van der Waals surface area contributed by atoms with Crippen molar-refractivity contribution >= 4 is 5.97 Å². The molecule has 0 aromatic heterocycles. The van der Waals surface area contributed by atoms with Gasteiger partial charge in [0.05, 0.1) is 6.61 Å². The lowest BCUT2D eigenvalue weighted by Crippen LogP contribution is -2.55. The normalized spacial score (nSPS) is 40.9. The Kier molecular flexibility index (Phi) is 9.51. The first-order valence-corrected chi connectivity index (χ1v) is 15.8. The fourth-order valence-electron chi connectivity index (χ4n) is 9.89. The first kappa shape index (κ1) is 28.4. The fourth-order valence-corrected chi connectivity index (χ4v) is 9.89. The van der Waals surface area contributed by atoms with Crippen LogP contribution in [0, 0.1) is 46.3 Å². The number of carbonyl (C=O) groups is 1. The molecule has 9 atom stereocenters. The molecule has 208 valence electrons. The lowest BCUT2D eigenvalue weighted by Gasteiger charge is -2.61. The highest BCUT2D eigenvalue weighted by atomic mass is 16.5. The molecule has 4 aliphatic carbocycles. The maximum Gasteiger partial charge on any atom is 0.305 e. The molecule has 0 aliphatic heterocycles. The Morgan fingerprint density at radius 2 is 1.69 bits per heavy atom. The average Bonchev–Trinajstić information content (AvgIpc) is 3.21. The van der Waals surface area contributed by atoms with Crippen molar-refractivity contribution in [2.75, 3.05) is 19.7 Å². The first-order chi connectivity index (χ1) is 17.2. The van der Waals surface area contributed by atoms with Gasteiger partial charge in [-0.25, -0.2) is 0 Å². The van der Waals surface area contributed by atoms with Crippen LogP contribution in [0.5, 0.6) is 0 Å². The number of esters is 1. The van der Waals surface area contributed by atoms with Crippen molar-refractivity contribution in [1.29, 1.82) is 0 Å². The van der Waals surface area contributed by atoms with E-state index < -0.39 is 0 Å². The zero-order valence-corrected chi connectivity index (χ0v) is 24.5. The summed E-state index contributed by atoms with van der Waals surface area (Å²) >= 11 is 0. The molecule has 0 aromatic rings. The standard InChI is InChI=1S/C32H58N2O2/c1-7-20-36-30(35)13-8-23(4)27-11-12-28-26-10-9-24-21-25(34-19-18-33-22(2)3)14-16-31(24,5)29(26)15-17-32(27,28)6/h22-29,33-34H,7-21H2,1-6H3/t23-,24-,25-,26?,27-,28?,29?,31+,32-/m1/s1. The van der Waals surface area contributed by atoms with Gasteiger partial charge in [0, 0.05) is 31.6 Å². The van der Waals surface area contributed by atoms with Gasteiger partial charge in [-0.1, -0.05) is 41.5 Å². The maximum absolute atomic E-state index is 12.1. The van der Waals surface area contributed by atoms with E-state index in [9.17, 15) is 4.79 Å². The van der Waals surface area contributed by atoms with Crippen molar-refractivity contribution in [1.82, 2.24) is 10.6 Å². The summed E-state index contributed by atoms with van der Waals surface area (Å²) in [6.45, 7) is 17.1. The molecule has 4 aliphatic rings. The van der Waals surface area contributed by atoms with Gasteiger partial charge < -0.3 is 15.4 Å². The lowest BCUT2D eigenvalue weighted by molar-refractivity contribution is -0.144. The van der Waals surface area contributed by atoms with Crippen molar-refractivity contribution in [3.63, 3.8) is 0 Å². The average molecular weight is 503 g/mol. The molecule has 2 N–H and O–H groups in total. The number of nitrogens with one attached hydrogen (secondary N) is 2. The second-order valence-electron chi connectivity index (χ2n) is 14.2. The second kappa shape index (κ2) is 12.1. The quantitative estimate of drug-likeness (QED) is 0.237. The summed E-state index contributed by atoms with van der Waals surface area (Å²) in [5.74, 6) is 5.13. The highest BCUT2D eigenvalue weighted by Gasteiger charge is 2.60.